The summed E-state index contributed by atoms with van der Waals surface area (Å²) in [4.78, 5) is 25.9. The fraction of sp³-hybridized carbons (Fsp3) is 0.316. The normalized spacial score (nSPS) is 10.2. The van der Waals surface area contributed by atoms with Gasteiger partial charge in [-0.15, -0.1) is 0 Å². The molecular formula is C19H24N3O3+. The fourth-order valence-corrected chi connectivity index (χ4v) is 2.19. The van der Waals surface area contributed by atoms with Crippen LogP contribution in [-0.4, -0.2) is 32.6 Å². The summed E-state index contributed by atoms with van der Waals surface area (Å²) in [6, 6.07) is 10.6. The number of amides is 1. The zero-order valence-corrected chi connectivity index (χ0v) is 14.9. The lowest BCUT2D eigenvalue weighted by Gasteiger charge is -2.10. The van der Waals surface area contributed by atoms with Gasteiger partial charge in [-0.05, 0) is 30.7 Å². The van der Waals surface area contributed by atoms with Crippen LogP contribution in [0.15, 0.2) is 48.8 Å². The van der Waals surface area contributed by atoms with E-state index in [1.165, 1.54) is 0 Å². The predicted octanol–water partition coefficient (Wildman–Crippen LogP) is 2.25. The first kappa shape index (κ1) is 18.4. The SMILES string of the molecule is CCCOC(=O)c1ccc(NC(=O)C[n+]2ccc(N(C)C)cc2)cc1. The minimum Gasteiger partial charge on any atom is -0.462 e. The topological polar surface area (TPSA) is 62.5 Å². The molecule has 1 aromatic carbocycles. The maximum atomic E-state index is 12.1. The molecule has 2 rings (SSSR count). The van der Waals surface area contributed by atoms with E-state index in [2.05, 4.69) is 5.32 Å². The minimum absolute atomic E-state index is 0.135. The smallest absolute Gasteiger partial charge is 0.338 e. The van der Waals surface area contributed by atoms with Crippen LogP contribution < -0.4 is 14.8 Å². The number of aromatic nitrogens is 1. The van der Waals surface area contributed by atoms with Crippen molar-refractivity contribution in [1.82, 2.24) is 0 Å². The van der Waals surface area contributed by atoms with Gasteiger partial charge in [0.2, 0.25) is 6.54 Å². The third-order valence-electron chi connectivity index (χ3n) is 3.56. The number of nitrogens with zero attached hydrogens (tertiary/aromatic N) is 2. The number of hydrogen-bond acceptors (Lipinski definition) is 4. The van der Waals surface area contributed by atoms with E-state index in [0.29, 0.717) is 17.9 Å². The van der Waals surface area contributed by atoms with Crippen molar-refractivity contribution in [2.24, 2.45) is 0 Å². The number of pyridine rings is 1. The summed E-state index contributed by atoms with van der Waals surface area (Å²) in [5, 5.41) is 2.81. The molecule has 0 unspecified atom stereocenters. The number of carbonyl (C=O) groups excluding carboxylic acids is 2. The Bertz CT molecular complexity index is 710. The Labute approximate surface area is 148 Å². The summed E-state index contributed by atoms with van der Waals surface area (Å²) in [6.07, 6.45) is 4.51. The van der Waals surface area contributed by atoms with Crippen LogP contribution in [0, 0.1) is 0 Å². The molecule has 1 aromatic heterocycles. The van der Waals surface area contributed by atoms with E-state index < -0.39 is 0 Å². The second-order valence-electron chi connectivity index (χ2n) is 5.88. The molecule has 0 saturated heterocycles. The highest BCUT2D eigenvalue weighted by atomic mass is 16.5. The molecule has 0 aliphatic rings. The zero-order chi connectivity index (χ0) is 18.2. The molecule has 0 aliphatic heterocycles. The lowest BCUT2D eigenvalue weighted by Crippen LogP contribution is -2.39. The highest BCUT2D eigenvalue weighted by molar-refractivity contribution is 5.92. The molecular weight excluding hydrogens is 318 g/mol. The molecule has 25 heavy (non-hydrogen) atoms. The molecule has 0 fully saturated rings. The van der Waals surface area contributed by atoms with Crippen LogP contribution in [0.5, 0.6) is 0 Å². The van der Waals surface area contributed by atoms with Crippen LogP contribution in [0.3, 0.4) is 0 Å². The molecule has 132 valence electrons. The lowest BCUT2D eigenvalue weighted by molar-refractivity contribution is -0.684. The van der Waals surface area contributed by atoms with Gasteiger partial charge in [0, 0.05) is 37.6 Å². The predicted molar refractivity (Wildman–Crippen MR) is 96.6 cm³/mol. The first-order valence-electron chi connectivity index (χ1n) is 8.23. The van der Waals surface area contributed by atoms with Crippen molar-refractivity contribution >= 4 is 23.3 Å². The minimum atomic E-state index is -0.351. The number of carbonyl (C=O) groups is 2. The van der Waals surface area contributed by atoms with Crippen molar-refractivity contribution in [2.45, 2.75) is 19.9 Å². The molecule has 0 aliphatic carbocycles. The van der Waals surface area contributed by atoms with Gasteiger partial charge >= 0.3 is 5.97 Å². The maximum absolute atomic E-state index is 12.1. The van der Waals surface area contributed by atoms with Gasteiger partial charge in [0.1, 0.15) is 0 Å². The second kappa shape index (κ2) is 8.82. The molecule has 0 atom stereocenters. The summed E-state index contributed by atoms with van der Waals surface area (Å²) in [6.45, 7) is 2.56. The van der Waals surface area contributed by atoms with E-state index in [1.807, 2.05) is 50.4 Å². The van der Waals surface area contributed by atoms with E-state index >= 15 is 0 Å². The Kier molecular flexibility index (Phi) is 6.51. The summed E-state index contributed by atoms with van der Waals surface area (Å²) < 4.78 is 6.87. The molecule has 0 radical (unpaired) electrons. The summed E-state index contributed by atoms with van der Waals surface area (Å²) in [7, 11) is 3.93. The largest absolute Gasteiger partial charge is 0.462 e. The average Bonchev–Trinajstić information content (AvgIpc) is 2.60. The van der Waals surface area contributed by atoms with Crippen molar-refractivity contribution in [2.75, 3.05) is 30.9 Å². The number of benzene rings is 1. The van der Waals surface area contributed by atoms with Crippen LogP contribution in [0.1, 0.15) is 23.7 Å². The van der Waals surface area contributed by atoms with Crippen molar-refractivity contribution in [3.63, 3.8) is 0 Å². The Morgan fingerprint density at radius 1 is 1.08 bits per heavy atom. The van der Waals surface area contributed by atoms with E-state index in [1.54, 1.807) is 28.8 Å². The van der Waals surface area contributed by atoms with Crippen molar-refractivity contribution < 1.29 is 18.9 Å². The van der Waals surface area contributed by atoms with E-state index in [9.17, 15) is 9.59 Å². The Morgan fingerprint density at radius 2 is 1.72 bits per heavy atom. The van der Waals surface area contributed by atoms with Crippen molar-refractivity contribution in [3.05, 3.63) is 54.4 Å². The Morgan fingerprint density at radius 3 is 2.28 bits per heavy atom. The number of nitrogens with one attached hydrogen (secondary N) is 1. The molecule has 6 nitrogen and oxygen atoms in total. The highest BCUT2D eigenvalue weighted by Crippen LogP contribution is 2.11. The Hall–Kier alpha value is -2.89. The van der Waals surface area contributed by atoms with Gasteiger partial charge in [0.15, 0.2) is 12.4 Å². The van der Waals surface area contributed by atoms with Crippen LogP contribution in [0.2, 0.25) is 0 Å². The molecule has 1 N–H and O–H groups in total. The fourth-order valence-electron chi connectivity index (χ4n) is 2.19. The van der Waals surface area contributed by atoms with Crippen LogP contribution >= 0.6 is 0 Å². The quantitative estimate of drug-likeness (QED) is 0.619. The first-order chi connectivity index (χ1) is 12.0. The van der Waals surface area contributed by atoms with Gasteiger partial charge < -0.3 is 15.0 Å². The van der Waals surface area contributed by atoms with E-state index in [4.69, 9.17) is 4.74 Å². The van der Waals surface area contributed by atoms with Gasteiger partial charge in [0.25, 0.3) is 5.91 Å². The first-order valence-corrected chi connectivity index (χ1v) is 8.23. The average molecular weight is 342 g/mol. The third-order valence-corrected chi connectivity index (χ3v) is 3.56. The van der Waals surface area contributed by atoms with E-state index in [0.717, 1.165) is 12.1 Å². The van der Waals surface area contributed by atoms with Crippen LogP contribution in [-0.2, 0) is 16.1 Å². The van der Waals surface area contributed by atoms with Gasteiger partial charge in [0.05, 0.1) is 12.2 Å². The third kappa shape index (κ3) is 5.60. The summed E-state index contributed by atoms with van der Waals surface area (Å²) in [5.41, 5.74) is 2.19. The van der Waals surface area contributed by atoms with E-state index in [-0.39, 0.29) is 18.4 Å². The number of rotatable bonds is 7. The van der Waals surface area contributed by atoms with Crippen LogP contribution in [0.25, 0.3) is 0 Å². The zero-order valence-electron chi connectivity index (χ0n) is 14.9. The van der Waals surface area contributed by atoms with Crippen molar-refractivity contribution in [1.29, 1.82) is 0 Å². The van der Waals surface area contributed by atoms with Gasteiger partial charge in [-0.1, -0.05) is 6.92 Å². The lowest BCUT2D eigenvalue weighted by atomic mass is 10.2. The number of hydrogen-bond donors (Lipinski definition) is 1. The second-order valence-corrected chi connectivity index (χ2v) is 5.88. The summed E-state index contributed by atoms with van der Waals surface area (Å²) >= 11 is 0. The molecule has 1 amide bonds. The molecule has 0 saturated carbocycles. The van der Waals surface area contributed by atoms with Crippen molar-refractivity contribution in [3.8, 4) is 0 Å². The number of anilines is 2. The highest BCUT2D eigenvalue weighted by Gasteiger charge is 2.11. The Balaban J connectivity index is 1.90. The number of esters is 1. The summed E-state index contributed by atoms with van der Waals surface area (Å²) in [5.74, 6) is -0.486. The molecule has 6 heteroatoms. The van der Waals surface area contributed by atoms with Gasteiger partial charge in [-0.25, -0.2) is 4.79 Å². The molecule has 0 bridgehead atoms. The monoisotopic (exact) mass is 342 g/mol. The molecule has 2 aromatic rings. The number of ether oxygens (including phenoxy) is 1. The van der Waals surface area contributed by atoms with Gasteiger partial charge in [-0.3, -0.25) is 4.79 Å². The maximum Gasteiger partial charge on any atom is 0.338 e. The molecule has 1 heterocycles. The van der Waals surface area contributed by atoms with Gasteiger partial charge in [-0.2, -0.15) is 4.57 Å². The molecule has 0 spiro atoms. The van der Waals surface area contributed by atoms with Crippen LogP contribution in [0.4, 0.5) is 11.4 Å². The standard InChI is InChI=1S/C19H23N3O3/c1-4-13-25-19(24)15-5-7-16(8-6-15)20-18(23)14-22-11-9-17(10-12-22)21(2)3/h5-12H,4,13-14H2,1-3H3/p+1.